The minimum Gasteiger partial charge on any atom is -0.476 e. The van der Waals surface area contributed by atoms with Crippen LogP contribution in [0.5, 0.6) is 5.75 Å². The third-order valence-corrected chi connectivity index (χ3v) is 5.64. The van der Waals surface area contributed by atoms with Gasteiger partial charge in [0.05, 0.1) is 26.5 Å². The Kier molecular flexibility index (Phi) is 7.92. The van der Waals surface area contributed by atoms with Crippen LogP contribution in [0.2, 0.25) is 0 Å². The molecule has 0 radical (unpaired) electrons. The molecule has 0 aliphatic rings. The van der Waals surface area contributed by atoms with Gasteiger partial charge in [0, 0.05) is 22.5 Å². The molecule has 0 bridgehead atoms. The summed E-state index contributed by atoms with van der Waals surface area (Å²) in [6.07, 6.45) is 3.59. The van der Waals surface area contributed by atoms with Gasteiger partial charge in [-0.15, -0.1) is 0 Å². The molecule has 1 aromatic heterocycles. The van der Waals surface area contributed by atoms with Gasteiger partial charge in [-0.3, -0.25) is 19.7 Å². The van der Waals surface area contributed by atoms with Gasteiger partial charge in [-0.05, 0) is 46.6 Å². The number of nitro groups is 1. The van der Waals surface area contributed by atoms with Crippen molar-refractivity contribution in [2.24, 2.45) is 10.8 Å². The summed E-state index contributed by atoms with van der Waals surface area (Å²) in [6, 6.07) is 7.99. The molecule has 0 saturated heterocycles. The maximum absolute atomic E-state index is 13.1. The Balaban J connectivity index is 2.09. The fourth-order valence-electron chi connectivity index (χ4n) is 3.03. The number of primary amides is 1. The zero-order valence-corrected chi connectivity index (χ0v) is 20.6. The van der Waals surface area contributed by atoms with E-state index in [1.165, 1.54) is 23.0 Å². The van der Waals surface area contributed by atoms with E-state index in [0.29, 0.717) is 28.7 Å². The number of fused-ring (bicyclic) bond motifs is 1. The number of aryl methyl sites for hydroxylation is 1. The van der Waals surface area contributed by atoms with Crippen LogP contribution in [0, 0.1) is 10.1 Å². The summed E-state index contributed by atoms with van der Waals surface area (Å²) in [7, 11) is 0. The molecule has 2 aromatic carbocycles. The van der Waals surface area contributed by atoms with E-state index in [1.54, 1.807) is 12.1 Å². The summed E-state index contributed by atoms with van der Waals surface area (Å²) in [5.41, 5.74) is 5.23. The number of ether oxygens (including phenoxy) is 1. The molecule has 172 valence electrons. The second kappa shape index (κ2) is 10.7. The summed E-state index contributed by atoms with van der Waals surface area (Å²) < 4.78 is 7.35. The molecule has 1 amide bonds. The molecule has 10 nitrogen and oxygen atoms in total. The largest absolute Gasteiger partial charge is 0.476 e. The highest BCUT2D eigenvalue weighted by molar-refractivity contribution is 9.10. The molecular weight excluding hydrogens is 562 g/mol. The van der Waals surface area contributed by atoms with Crippen molar-refractivity contribution in [1.82, 2.24) is 9.66 Å². The summed E-state index contributed by atoms with van der Waals surface area (Å²) in [4.78, 5) is 39.6. The third kappa shape index (κ3) is 5.82. The first-order valence-corrected chi connectivity index (χ1v) is 11.4. The standard InChI is InChI=1S/C21H19Br2N5O5/c1-2-3-4-19-26-16-6-5-13(22)9-14(16)21(30)27(19)25-10-12-7-15(23)20(33-11-18(24)29)17(8-12)28(31)32/h5-10H,2-4,11H2,1H3,(H2,24,29). The minimum absolute atomic E-state index is 0.131. The van der Waals surface area contributed by atoms with Gasteiger partial charge < -0.3 is 10.5 Å². The van der Waals surface area contributed by atoms with Crippen molar-refractivity contribution in [1.29, 1.82) is 0 Å². The zero-order chi connectivity index (χ0) is 24.1. The van der Waals surface area contributed by atoms with Crippen LogP contribution in [0.3, 0.4) is 0 Å². The van der Waals surface area contributed by atoms with Crippen LogP contribution in [0.25, 0.3) is 10.9 Å². The van der Waals surface area contributed by atoms with Crippen molar-refractivity contribution >= 4 is 60.6 Å². The number of halogens is 2. The number of hydrogen-bond acceptors (Lipinski definition) is 7. The van der Waals surface area contributed by atoms with Crippen LogP contribution in [0.1, 0.15) is 31.2 Å². The summed E-state index contributed by atoms with van der Waals surface area (Å²) in [5, 5.41) is 16.2. The Bertz CT molecular complexity index is 1320. The summed E-state index contributed by atoms with van der Waals surface area (Å²) in [6.45, 7) is 1.52. The van der Waals surface area contributed by atoms with Crippen LogP contribution >= 0.6 is 31.9 Å². The highest BCUT2D eigenvalue weighted by Crippen LogP contribution is 2.36. The number of nitro benzene ring substituents is 1. The van der Waals surface area contributed by atoms with Gasteiger partial charge >= 0.3 is 5.69 Å². The first-order chi connectivity index (χ1) is 15.7. The predicted octanol–water partition coefficient (Wildman–Crippen LogP) is 3.92. The topological polar surface area (TPSA) is 143 Å². The van der Waals surface area contributed by atoms with Gasteiger partial charge in [0.1, 0.15) is 5.82 Å². The smallest absolute Gasteiger partial charge is 0.312 e. The summed E-state index contributed by atoms with van der Waals surface area (Å²) >= 11 is 6.58. The van der Waals surface area contributed by atoms with Crippen molar-refractivity contribution in [2.75, 3.05) is 6.61 Å². The van der Waals surface area contributed by atoms with Gasteiger partial charge in [-0.25, -0.2) is 4.98 Å². The van der Waals surface area contributed by atoms with E-state index in [9.17, 15) is 19.7 Å². The Morgan fingerprint density at radius 1 is 1.33 bits per heavy atom. The quantitative estimate of drug-likeness (QED) is 0.231. The number of hydrogen-bond donors (Lipinski definition) is 1. The van der Waals surface area contributed by atoms with Gasteiger partial charge in [0.25, 0.3) is 11.5 Å². The van der Waals surface area contributed by atoms with Gasteiger partial charge in [-0.2, -0.15) is 9.78 Å². The maximum Gasteiger partial charge on any atom is 0.312 e. The number of benzene rings is 2. The molecule has 0 aliphatic carbocycles. The van der Waals surface area contributed by atoms with E-state index < -0.39 is 17.4 Å². The van der Waals surface area contributed by atoms with E-state index in [2.05, 4.69) is 41.9 Å². The second-order valence-corrected chi connectivity index (χ2v) is 8.79. The molecule has 3 aromatic rings. The van der Waals surface area contributed by atoms with E-state index in [1.807, 2.05) is 13.0 Å². The van der Waals surface area contributed by atoms with Crippen molar-refractivity contribution in [3.05, 3.63) is 71.1 Å². The van der Waals surface area contributed by atoms with Crippen molar-refractivity contribution in [3.8, 4) is 5.75 Å². The molecule has 33 heavy (non-hydrogen) atoms. The van der Waals surface area contributed by atoms with Crippen LogP contribution < -0.4 is 16.0 Å². The van der Waals surface area contributed by atoms with Gasteiger partial charge in [0.15, 0.2) is 6.61 Å². The van der Waals surface area contributed by atoms with Crippen LogP contribution in [-0.4, -0.2) is 33.3 Å². The third-order valence-electron chi connectivity index (χ3n) is 4.55. The Hall–Kier alpha value is -3.12. The molecule has 0 spiro atoms. The van der Waals surface area contributed by atoms with Crippen LogP contribution in [-0.2, 0) is 11.2 Å². The number of unbranched alkanes of at least 4 members (excludes halogenated alkanes) is 1. The predicted molar refractivity (Wildman–Crippen MR) is 131 cm³/mol. The lowest BCUT2D eigenvalue weighted by Gasteiger charge is -2.10. The fraction of sp³-hybridized carbons (Fsp3) is 0.238. The van der Waals surface area contributed by atoms with E-state index in [-0.39, 0.29) is 21.5 Å². The van der Waals surface area contributed by atoms with Gasteiger partial charge in [0.2, 0.25) is 5.75 Å². The molecule has 0 fully saturated rings. The average Bonchev–Trinajstić information content (AvgIpc) is 2.76. The lowest BCUT2D eigenvalue weighted by molar-refractivity contribution is -0.385. The molecule has 12 heteroatoms. The van der Waals surface area contributed by atoms with Crippen molar-refractivity contribution in [2.45, 2.75) is 26.2 Å². The number of carbonyl (C=O) groups is 1. The Morgan fingerprint density at radius 3 is 2.76 bits per heavy atom. The molecule has 3 rings (SSSR count). The molecule has 0 unspecified atom stereocenters. The Morgan fingerprint density at radius 2 is 2.09 bits per heavy atom. The summed E-state index contributed by atoms with van der Waals surface area (Å²) in [5.74, 6) is -0.409. The lowest BCUT2D eigenvalue weighted by Crippen LogP contribution is -2.22. The monoisotopic (exact) mass is 579 g/mol. The second-order valence-electron chi connectivity index (χ2n) is 7.02. The SMILES string of the molecule is CCCCc1nc2ccc(Br)cc2c(=O)n1N=Cc1cc(Br)c(OCC(N)=O)c([N+](=O)[O-])c1. The van der Waals surface area contributed by atoms with Crippen molar-refractivity contribution in [3.63, 3.8) is 0 Å². The number of nitrogens with zero attached hydrogens (tertiary/aromatic N) is 4. The maximum atomic E-state index is 13.1. The zero-order valence-electron chi connectivity index (χ0n) is 17.5. The molecule has 0 aliphatic heterocycles. The normalized spacial score (nSPS) is 11.2. The minimum atomic E-state index is -0.767. The van der Waals surface area contributed by atoms with E-state index in [4.69, 9.17) is 10.5 Å². The van der Waals surface area contributed by atoms with Gasteiger partial charge in [-0.1, -0.05) is 29.3 Å². The molecular formula is C21H19Br2N5O5. The van der Waals surface area contributed by atoms with E-state index in [0.717, 1.165) is 17.3 Å². The molecule has 1 heterocycles. The van der Waals surface area contributed by atoms with Crippen LogP contribution in [0.15, 0.2) is 49.2 Å². The lowest BCUT2D eigenvalue weighted by atomic mass is 10.2. The molecule has 2 N–H and O–H groups in total. The number of nitrogens with two attached hydrogens (primary N) is 1. The van der Waals surface area contributed by atoms with E-state index >= 15 is 0 Å². The number of carbonyl (C=O) groups excluding carboxylic acids is 1. The highest BCUT2D eigenvalue weighted by atomic mass is 79.9. The average molecular weight is 581 g/mol. The molecule has 0 saturated carbocycles. The van der Waals surface area contributed by atoms with Crippen molar-refractivity contribution < 1.29 is 14.5 Å². The first-order valence-electron chi connectivity index (χ1n) is 9.85. The molecule has 0 atom stereocenters. The van der Waals surface area contributed by atoms with Crippen LogP contribution in [0.4, 0.5) is 5.69 Å². The first kappa shape index (κ1) is 24.5. The highest BCUT2D eigenvalue weighted by Gasteiger charge is 2.21. The fourth-order valence-corrected chi connectivity index (χ4v) is 3.97. The number of amides is 1. The number of rotatable bonds is 9. The Labute approximate surface area is 204 Å². The number of aromatic nitrogens is 2.